The highest BCUT2D eigenvalue weighted by atomic mass is 79.9. The highest BCUT2D eigenvalue weighted by molar-refractivity contribution is 9.11. The van der Waals surface area contributed by atoms with Crippen molar-refractivity contribution in [2.24, 2.45) is 0 Å². The Balaban J connectivity index is 2.25. The van der Waals surface area contributed by atoms with E-state index in [2.05, 4.69) is 31.9 Å². The summed E-state index contributed by atoms with van der Waals surface area (Å²) in [5, 5.41) is 0. The third-order valence-electron chi connectivity index (χ3n) is 2.56. The van der Waals surface area contributed by atoms with E-state index in [0.29, 0.717) is 10.8 Å². The van der Waals surface area contributed by atoms with Gasteiger partial charge in [-0.05, 0) is 39.7 Å². The highest BCUT2D eigenvalue weighted by Crippen LogP contribution is 2.29. The van der Waals surface area contributed by atoms with Crippen LogP contribution in [0.15, 0.2) is 48.9 Å². The van der Waals surface area contributed by atoms with Gasteiger partial charge in [-0.1, -0.05) is 34.1 Å². The molecule has 0 radical (unpaired) electrons. The molecule has 1 aromatic carbocycles. The summed E-state index contributed by atoms with van der Waals surface area (Å²) in [7, 11) is -1.85. The molecule has 7 heteroatoms. The maximum atomic E-state index is 12.4. The largest absolute Gasteiger partial charge is 0.252 e. The molecular formula is C12H11Br2NO2S2. The topological polar surface area (TPSA) is 37.4 Å². The molecule has 0 N–H and O–H groups in total. The first-order chi connectivity index (χ1) is 8.91. The lowest BCUT2D eigenvalue weighted by Gasteiger charge is -2.16. The van der Waals surface area contributed by atoms with Crippen LogP contribution in [-0.2, 0) is 16.6 Å². The third-order valence-corrected chi connectivity index (χ3v) is 7.23. The van der Waals surface area contributed by atoms with Crippen molar-refractivity contribution in [3.05, 3.63) is 50.2 Å². The van der Waals surface area contributed by atoms with Crippen molar-refractivity contribution in [1.82, 2.24) is 4.31 Å². The molecule has 19 heavy (non-hydrogen) atoms. The second-order valence-electron chi connectivity index (χ2n) is 3.91. The Labute approximate surface area is 133 Å². The van der Waals surface area contributed by atoms with Crippen LogP contribution in [0.5, 0.6) is 0 Å². The predicted octanol–water partition coefficient (Wildman–Crippen LogP) is 4.09. The van der Waals surface area contributed by atoms with Crippen LogP contribution in [0, 0.1) is 0 Å². The van der Waals surface area contributed by atoms with Crippen LogP contribution in [0.2, 0.25) is 0 Å². The van der Waals surface area contributed by atoms with Crippen LogP contribution in [0.25, 0.3) is 0 Å². The van der Waals surface area contributed by atoms with Gasteiger partial charge in [-0.15, -0.1) is 11.3 Å². The quantitative estimate of drug-likeness (QED) is 0.740. The first-order valence-electron chi connectivity index (χ1n) is 5.36. The molecule has 1 aromatic heterocycles. The summed E-state index contributed by atoms with van der Waals surface area (Å²) >= 11 is 7.92. The van der Waals surface area contributed by atoms with Gasteiger partial charge in [0.1, 0.15) is 4.21 Å². The first kappa shape index (κ1) is 15.2. The third kappa shape index (κ3) is 3.46. The number of nitrogens with zero attached hydrogens (tertiary/aromatic N) is 1. The number of halogens is 2. The van der Waals surface area contributed by atoms with E-state index >= 15 is 0 Å². The minimum Gasteiger partial charge on any atom is -0.206 e. The van der Waals surface area contributed by atoms with Gasteiger partial charge < -0.3 is 0 Å². The molecule has 0 aliphatic heterocycles. The van der Waals surface area contributed by atoms with Gasteiger partial charge in [0, 0.05) is 18.1 Å². The molecular weight excluding hydrogens is 414 g/mol. The zero-order valence-electron chi connectivity index (χ0n) is 10.0. The average Bonchev–Trinajstić information content (AvgIpc) is 2.79. The summed E-state index contributed by atoms with van der Waals surface area (Å²) in [5.74, 6) is 0. The zero-order valence-corrected chi connectivity index (χ0v) is 14.8. The Morgan fingerprint density at radius 3 is 2.42 bits per heavy atom. The lowest BCUT2D eigenvalue weighted by Crippen LogP contribution is -2.25. The molecule has 2 rings (SSSR count). The molecule has 0 amide bonds. The van der Waals surface area contributed by atoms with Gasteiger partial charge in [0.25, 0.3) is 10.0 Å². The van der Waals surface area contributed by atoms with Crippen LogP contribution in [0.3, 0.4) is 0 Å². The highest BCUT2D eigenvalue weighted by Gasteiger charge is 2.23. The second-order valence-corrected chi connectivity index (χ2v) is 9.50. The molecule has 102 valence electrons. The van der Waals surface area contributed by atoms with Crippen molar-refractivity contribution in [3.63, 3.8) is 0 Å². The van der Waals surface area contributed by atoms with E-state index in [1.165, 1.54) is 15.6 Å². The van der Waals surface area contributed by atoms with E-state index in [9.17, 15) is 8.42 Å². The van der Waals surface area contributed by atoms with E-state index < -0.39 is 10.0 Å². The fourth-order valence-electron chi connectivity index (χ4n) is 1.54. The minimum atomic E-state index is -3.43. The fraction of sp³-hybridized carbons (Fsp3) is 0.167. The Kier molecular flexibility index (Phi) is 4.84. The van der Waals surface area contributed by atoms with E-state index in [-0.39, 0.29) is 0 Å². The van der Waals surface area contributed by atoms with Crippen LogP contribution in [-0.4, -0.2) is 19.8 Å². The second kappa shape index (κ2) is 6.05. The maximum absolute atomic E-state index is 12.4. The average molecular weight is 425 g/mol. The van der Waals surface area contributed by atoms with Crippen molar-refractivity contribution in [2.75, 3.05) is 7.05 Å². The number of rotatable bonds is 4. The van der Waals surface area contributed by atoms with Crippen LogP contribution in [0.4, 0.5) is 0 Å². The molecule has 0 bridgehead atoms. The summed E-state index contributed by atoms with van der Waals surface area (Å²) in [5.41, 5.74) is 0.934. The number of hydrogen-bond acceptors (Lipinski definition) is 3. The normalized spacial score (nSPS) is 12.0. The SMILES string of the molecule is CN(Cc1ccccc1Br)S(=O)(=O)c1ccc(Br)s1. The summed E-state index contributed by atoms with van der Waals surface area (Å²) in [6.45, 7) is 0.333. The molecule has 0 saturated carbocycles. The molecule has 0 atom stereocenters. The Morgan fingerprint density at radius 1 is 1.16 bits per heavy atom. The molecule has 1 heterocycles. The van der Waals surface area contributed by atoms with Crippen LogP contribution < -0.4 is 0 Å². The maximum Gasteiger partial charge on any atom is 0.252 e. The Morgan fingerprint density at radius 2 is 1.84 bits per heavy atom. The number of thiophene rings is 1. The smallest absolute Gasteiger partial charge is 0.206 e. The van der Waals surface area contributed by atoms with Gasteiger partial charge in [0.05, 0.1) is 3.79 Å². The Bertz CT molecular complexity index is 683. The van der Waals surface area contributed by atoms with E-state index in [1.54, 1.807) is 19.2 Å². The van der Waals surface area contributed by atoms with Crippen molar-refractivity contribution in [3.8, 4) is 0 Å². The lowest BCUT2D eigenvalue weighted by atomic mass is 10.2. The zero-order chi connectivity index (χ0) is 14.0. The summed E-state index contributed by atoms with van der Waals surface area (Å²) in [6, 6.07) is 10.9. The molecule has 0 aliphatic carbocycles. The molecule has 0 fully saturated rings. The predicted molar refractivity (Wildman–Crippen MR) is 84.8 cm³/mol. The van der Waals surface area contributed by atoms with Gasteiger partial charge >= 0.3 is 0 Å². The molecule has 0 saturated heterocycles. The van der Waals surface area contributed by atoms with E-state index in [1.807, 2.05) is 24.3 Å². The summed E-state index contributed by atoms with van der Waals surface area (Å²) in [6.07, 6.45) is 0. The van der Waals surface area contributed by atoms with E-state index in [4.69, 9.17) is 0 Å². The van der Waals surface area contributed by atoms with Gasteiger partial charge in [0.15, 0.2) is 0 Å². The summed E-state index contributed by atoms with van der Waals surface area (Å²) in [4.78, 5) is 0. The molecule has 0 unspecified atom stereocenters. The van der Waals surface area contributed by atoms with Gasteiger partial charge in [-0.25, -0.2) is 8.42 Å². The van der Waals surface area contributed by atoms with Crippen molar-refractivity contribution in [1.29, 1.82) is 0 Å². The number of hydrogen-bond donors (Lipinski definition) is 0. The summed E-state index contributed by atoms with van der Waals surface area (Å²) < 4.78 is 28.1. The van der Waals surface area contributed by atoms with Crippen molar-refractivity contribution < 1.29 is 8.42 Å². The standard InChI is InChI=1S/C12H11Br2NO2S2/c1-15(8-9-4-2-3-5-10(9)13)19(16,17)12-7-6-11(14)18-12/h2-7H,8H2,1H3. The number of sulfonamides is 1. The minimum absolute atomic E-state index is 0.333. The Hall–Kier alpha value is -0.210. The van der Waals surface area contributed by atoms with Crippen LogP contribution >= 0.6 is 43.2 Å². The molecule has 0 spiro atoms. The lowest BCUT2D eigenvalue weighted by molar-refractivity contribution is 0.468. The molecule has 3 nitrogen and oxygen atoms in total. The van der Waals surface area contributed by atoms with Crippen molar-refractivity contribution >= 4 is 53.2 Å². The molecule has 0 aliphatic rings. The van der Waals surface area contributed by atoms with E-state index in [0.717, 1.165) is 13.8 Å². The monoisotopic (exact) mass is 423 g/mol. The van der Waals surface area contributed by atoms with Gasteiger partial charge in [-0.2, -0.15) is 4.31 Å². The molecule has 2 aromatic rings. The van der Waals surface area contributed by atoms with Gasteiger partial charge in [0.2, 0.25) is 0 Å². The fourth-order valence-corrected chi connectivity index (χ4v) is 5.32. The van der Waals surface area contributed by atoms with Crippen molar-refractivity contribution in [2.45, 2.75) is 10.8 Å². The van der Waals surface area contributed by atoms with Gasteiger partial charge in [-0.3, -0.25) is 0 Å². The van der Waals surface area contributed by atoms with Crippen LogP contribution in [0.1, 0.15) is 5.56 Å². The number of benzene rings is 1. The first-order valence-corrected chi connectivity index (χ1v) is 9.20.